The summed E-state index contributed by atoms with van der Waals surface area (Å²) >= 11 is 1.35. The van der Waals surface area contributed by atoms with Crippen molar-refractivity contribution in [1.29, 1.82) is 0 Å². The third-order valence-electron chi connectivity index (χ3n) is 3.03. The highest BCUT2D eigenvalue weighted by Gasteiger charge is 2.27. The molecule has 0 radical (unpaired) electrons. The highest BCUT2D eigenvalue weighted by Crippen LogP contribution is 2.18. The molecule has 0 aliphatic carbocycles. The van der Waals surface area contributed by atoms with Gasteiger partial charge in [0.05, 0.1) is 11.5 Å². The maximum atomic E-state index is 11.7. The molecule has 1 aliphatic heterocycles. The summed E-state index contributed by atoms with van der Waals surface area (Å²) in [6.07, 6.45) is 2.44. The molecule has 0 unspecified atom stereocenters. The first-order valence-corrected chi connectivity index (χ1v) is 9.20. The second-order valence-electron chi connectivity index (χ2n) is 4.86. The molecular formula is C11H18N4O3S2. The van der Waals surface area contributed by atoms with E-state index >= 15 is 0 Å². The Balaban J connectivity index is 1.75. The number of aromatic nitrogens is 2. The van der Waals surface area contributed by atoms with E-state index in [1.54, 1.807) is 0 Å². The van der Waals surface area contributed by atoms with E-state index in [4.69, 9.17) is 0 Å². The lowest BCUT2D eigenvalue weighted by Crippen LogP contribution is -2.33. The highest BCUT2D eigenvalue weighted by molar-refractivity contribution is 7.91. The van der Waals surface area contributed by atoms with Gasteiger partial charge in [-0.2, -0.15) is 0 Å². The van der Waals surface area contributed by atoms with Gasteiger partial charge >= 0.3 is 6.03 Å². The number of hydrogen-bond donors (Lipinski definition) is 2. The molecule has 0 spiro atoms. The molecule has 9 heteroatoms. The number of nitrogens with zero attached hydrogens (tertiary/aromatic N) is 2. The molecule has 1 aliphatic rings. The Hall–Kier alpha value is -1.22. The molecule has 1 aromatic rings. The van der Waals surface area contributed by atoms with Gasteiger partial charge in [-0.3, -0.25) is 5.32 Å². The van der Waals surface area contributed by atoms with Gasteiger partial charge in [-0.15, -0.1) is 10.2 Å². The van der Waals surface area contributed by atoms with Gasteiger partial charge in [-0.25, -0.2) is 13.2 Å². The normalized spacial score (nSPS) is 20.8. The van der Waals surface area contributed by atoms with Crippen molar-refractivity contribution < 1.29 is 13.2 Å². The van der Waals surface area contributed by atoms with Gasteiger partial charge < -0.3 is 5.32 Å². The molecular weight excluding hydrogens is 300 g/mol. The maximum Gasteiger partial charge on any atom is 0.321 e. The lowest BCUT2D eigenvalue weighted by molar-refractivity contribution is 0.250. The fraction of sp³-hybridized carbons (Fsp3) is 0.727. The minimum atomic E-state index is -2.90. The minimum absolute atomic E-state index is 0.0100. The number of urea groups is 1. The topological polar surface area (TPSA) is 101 Å². The Morgan fingerprint density at radius 1 is 1.45 bits per heavy atom. The summed E-state index contributed by atoms with van der Waals surface area (Å²) < 4.78 is 22.6. The maximum absolute atomic E-state index is 11.7. The molecule has 2 amide bonds. The van der Waals surface area contributed by atoms with Crippen molar-refractivity contribution in [2.45, 2.75) is 26.2 Å². The van der Waals surface area contributed by atoms with E-state index in [1.807, 2.05) is 0 Å². The van der Waals surface area contributed by atoms with E-state index in [0.717, 1.165) is 17.8 Å². The third kappa shape index (κ3) is 4.41. The van der Waals surface area contributed by atoms with Crippen LogP contribution in [0.2, 0.25) is 0 Å². The summed E-state index contributed by atoms with van der Waals surface area (Å²) in [5.74, 6) is 0.389. The predicted octanol–water partition coefficient (Wildman–Crippen LogP) is 1.05. The number of carbonyl (C=O) groups is 1. The average Bonchev–Trinajstić information content (AvgIpc) is 2.94. The van der Waals surface area contributed by atoms with E-state index in [9.17, 15) is 13.2 Å². The standard InChI is InChI=1S/C11H18N4O3S2/c1-2-3-9-14-15-11(19-9)13-10(16)12-6-8-4-5-20(17,18)7-8/h8H,2-7H2,1H3,(H2,12,13,15,16)/t8-/m1/s1. The number of rotatable bonds is 5. The number of carbonyl (C=O) groups excluding carboxylic acids is 1. The number of nitrogens with one attached hydrogen (secondary N) is 2. The fourth-order valence-corrected chi connectivity index (χ4v) is 4.73. The van der Waals surface area contributed by atoms with Crippen LogP contribution in [0, 0.1) is 5.92 Å². The van der Waals surface area contributed by atoms with Crippen molar-refractivity contribution in [2.24, 2.45) is 5.92 Å². The first-order chi connectivity index (χ1) is 9.48. The zero-order valence-corrected chi connectivity index (χ0v) is 12.9. The first kappa shape index (κ1) is 15.2. The van der Waals surface area contributed by atoms with Crippen molar-refractivity contribution in [3.8, 4) is 0 Å². The van der Waals surface area contributed by atoms with Crippen LogP contribution in [-0.4, -0.2) is 42.7 Å². The lowest BCUT2D eigenvalue weighted by atomic mass is 10.1. The monoisotopic (exact) mass is 318 g/mol. The molecule has 20 heavy (non-hydrogen) atoms. The van der Waals surface area contributed by atoms with E-state index in [0.29, 0.717) is 18.1 Å². The summed E-state index contributed by atoms with van der Waals surface area (Å²) in [7, 11) is -2.90. The molecule has 2 rings (SSSR count). The number of hydrogen-bond acceptors (Lipinski definition) is 6. The first-order valence-electron chi connectivity index (χ1n) is 6.56. The van der Waals surface area contributed by atoms with Gasteiger partial charge in [0.2, 0.25) is 5.13 Å². The molecule has 7 nitrogen and oxygen atoms in total. The molecule has 1 atom stereocenters. The van der Waals surface area contributed by atoms with Crippen LogP contribution in [0.15, 0.2) is 0 Å². The Kier molecular flexibility index (Phi) is 4.92. The SMILES string of the molecule is CCCc1nnc(NC(=O)NC[C@H]2CCS(=O)(=O)C2)s1. The number of anilines is 1. The molecule has 1 fully saturated rings. The van der Waals surface area contributed by atoms with Crippen molar-refractivity contribution in [2.75, 3.05) is 23.4 Å². The van der Waals surface area contributed by atoms with Crippen LogP contribution in [0.4, 0.5) is 9.93 Å². The highest BCUT2D eigenvalue weighted by atomic mass is 32.2. The summed E-state index contributed by atoms with van der Waals surface area (Å²) in [4.78, 5) is 11.7. The van der Waals surface area contributed by atoms with Crippen molar-refractivity contribution in [3.63, 3.8) is 0 Å². The van der Waals surface area contributed by atoms with Crippen LogP contribution in [-0.2, 0) is 16.3 Å². The molecule has 0 bridgehead atoms. The number of aryl methyl sites for hydroxylation is 1. The number of amides is 2. The van der Waals surface area contributed by atoms with Crippen LogP contribution < -0.4 is 10.6 Å². The Morgan fingerprint density at radius 2 is 2.25 bits per heavy atom. The van der Waals surface area contributed by atoms with Crippen molar-refractivity contribution in [3.05, 3.63) is 5.01 Å². The van der Waals surface area contributed by atoms with Crippen molar-refractivity contribution in [1.82, 2.24) is 15.5 Å². The quantitative estimate of drug-likeness (QED) is 0.845. The summed E-state index contributed by atoms with van der Waals surface area (Å²) in [6.45, 7) is 2.42. The lowest BCUT2D eigenvalue weighted by Gasteiger charge is -2.09. The summed E-state index contributed by atoms with van der Waals surface area (Å²) in [6, 6.07) is -0.367. The number of sulfone groups is 1. The van der Waals surface area contributed by atoms with Gasteiger partial charge in [-0.05, 0) is 18.8 Å². The van der Waals surface area contributed by atoms with Crippen molar-refractivity contribution >= 4 is 32.3 Å². The Bertz CT molecular complexity index is 570. The molecule has 2 N–H and O–H groups in total. The van der Waals surface area contributed by atoms with Crippen LogP contribution in [0.1, 0.15) is 24.8 Å². The summed E-state index contributed by atoms with van der Waals surface area (Å²) in [5, 5.41) is 14.5. The average molecular weight is 318 g/mol. The van der Waals surface area contributed by atoms with Gasteiger partial charge in [-0.1, -0.05) is 18.3 Å². The van der Waals surface area contributed by atoms with Gasteiger partial charge in [0, 0.05) is 13.0 Å². The van der Waals surface area contributed by atoms with Crippen LogP contribution in [0.25, 0.3) is 0 Å². The van der Waals surface area contributed by atoms with Crippen LogP contribution in [0.3, 0.4) is 0 Å². The van der Waals surface area contributed by atoms with E-state index in [2.05, 4.69) is 27.8 Å². The molecule has 0 saturated carbocycles. The molecule has 0 aromatic carbocycles. The Morgan fingerprint density at radius 3 is 2.90 bits per heavy atom. The Labute approximate surface area is 122 Å². The van der Waals surface area contributed by atoms with E-state index < -0.39 is 9.84 Å². The fourth-order valence-electron chi connectivity index (χ4n) is 2.03. The zero-order valence-electron chi connectivity index (χ0n) is 11.3. The van der Waals surface area contributed by atoms with Gasteiger partial charge in [0.1, 0.15) is 5.01 Å². The largest absolute Gasteiger partial charge is 0.337 e. The third-order valence-corrected chi connectivity index (χ3v) is 5.76. The second kappa shape index (κ2) is 6.49. The molecule has 112 valence electrons. The van der Waals surface area contributed by atoms with Crippen LogP contribution in [0.5, 0.6) is 0 Å². The van der Waals surface area contributed by atoms with Gasteiger partial charge in [0.25, 0.3) is 0 Å². The molecule has 1 saturated heterocycles. The molecule has 2 heterocycles. The second-order valence-corrected chi connectivity index (χ2v) is 8.15. The van der Waals surface area contributed by atoms with E-state index in [1.165, 1.54) is 11.3 Å². The predicted molar refractivity (Wildman–Crippen MR) is 77.7 cm³/mol. The summed E-state index contributed by atoms with van der Waals surface area (Å²) in [5.41, 5.74) is 0. The van der Waals surface area contributed by atoms with Gasteiger partial charge in [0.15, 0.2) is 9.84 Å². The smallest absolute Gasteiger partial charge is 0.321 e. The molecule has 1 aromatic heterocycles. The van der Waals surface area contributed by atoms with Crippen LogP contribution >= 0.6 is 11.3 Å². The zero-order chi connectivity index (χ0) is 14.6. The minimum Gasteiger partial charge on any atom is -0.337 e. The van der Waals surface area contributed by atoms with E-state index in [-0.39, 0.29) is 23.5 Å².